The van der Waals surface area contributed by atoms with E-state index < -0.39 is 15.7 Å². The Bertz CT molecular complexity index is 958. The van der Waals surface area contributed by atoms with Crippen LogP contribution in [0.25, 0.3) is 17.1 Å². The van der Waals surface area contributed by atoms with Gasteiger partial charge in [-0.05, 0) is 12.1 Å². The highest BCUT2D eigenvalue weighted by molar-refractivity contribution is 5.84. The predicted octanol–water partition coefficient (Wildman–Crippen LogP) is 2.76. The number of carbonyl (C=O) groups excluding carboxylic acids is 1. The molecule has 0 aliphatic carbocycles. The van der Waals surface area contributed by atoms with Gasteiger partial charge in [-0.25, -0.2) is 4.68 Å². The summed E-state index contributed by atoms with van der Waals surface area (Å²) >= 11 is 0. The molecular weight excluding hydrogens is 320 g/mol. The van der Waals surface area contributed by atoms with Crippen molar-refractivity contribution in [3.05, 3.63) is 68.4 Å². The second-order valence-electron chi connectivity index (χ2n) is 4.67. The molecule has 0 aliphatic rings. The molecule has 0 radical (unpaired) electrons. The van der Waals surface area contributed by atoms with Crippen LogP contribution in [-0.4, -0.2) is 25.9 Å². The Balaban J connectivity index is 2.07. The molecule has 24 heavy (non-hydrogen) atoms. The number of benzene rings is 1. The topological polar surface area (TPSA) is 134 Å². The minimum atomic E-state index is -0.707. The number of hydrogen-bond donors (Lipinski definition) is 0. The Hall–Kier alpha value is -3.82. The minimum Gasteiger partial charge on any atom is -0.399 e. The fourth-order valence-electron chi connectivity index (χ4n) is 2.10. The monoisotopic (exact) mass is 328 g/mol. The van der Waals surface area contributed by atoms with E-state index in [0.717, 1.165) is 6.07 Å². The highest BCUT2D eigenvalue weighted by atomic mass is 16.6. The van der Waals surface area contributed by atoms with E-state index in [1.54, 1.807) is 6.07 Å². The number of aromatic nitrogens is 2. The van der Waals surface area contributed by atoms with Gasteiger partial charge >= 0.3 is 5.88 Å². The van der Waals surface area contributed by atoms with Crippen molar-refractivity contribution in [1.82, 2.24) is 9.78 Å². The molecule has 0 aliphatic heterocycles. The lowest BCUT2D eigenvalue weighted by molar-refractivity contribution is -0.401. The van der Waals surface area contributed by atoms with Crippen LogP contribution in [0.1, 0.15) is 10.4 Å². The van der Waals surface area contributed by atoms with Crippen molar-refractivity contribution in [1.29, 1.82) is 0 Å². The number of carbonyl (C=O) groups is 1. The van der Waals surface area contributed by atoms with Crippen LogP contribution in [-0.2, 0) is 0 Å². The van der Waals surface area contributed by atoms with Crippen LogP contribution in [0, 0.1) is 20.2 Å². The maximum atomic E-state index is 11.2. The van der Waals surface area contributed by atoms with Crippen molar-refractivity contribution in [2.45, 2.75) is 0 Å². The first-order valence-electron chi connectivity index (χ1n) is 6.54. The number of nitrogens with zero attached hydrogens (tertiary/aromatic N) is 4. The Morgan fingerprint density at radius 1 is 1.12 bits per heavy atom. The molecule has 2 aromatic heterocycles. The van der Waals surface area contributed by atoms with Crippen molar-refractivity contribution in [2.75, 3.05) is 0 Å². The molecule has 3 rings (SSSR count). The quantitative estimate of drug-likeness (QED) is 0.399. The number of nitro groups is 2. The summed E-state index contributed by atoms with van der Waals surface area (Å²) in [5.74, 6) is -0.431. The summed E-state index contributed by atoms with van der Waals surface area (Å²) in [4.78, 5) is 31.5. The molecule has 120 valence electrons. The second-order valence-corrected chi connectivity index (χ2v) is 4.67. The zero-order valence-electron chi connectivity index (χ0n) is 11.9. The minimum absolute atomic E-state index is 0.0491. The number of non-ortho nitro benzene ring substituents is 1. The summed E-state index contributed by atoms with van der Waals surface area (Å²) < 4.78 is 6.31. The molecule has 1 aromatic carbocycles. The largest absolute Gasteiger partial charge is 0.433 e. The zero-order valence-corrected chi connectivity index (χ0v) is 11.9. The third kappa shape index (κ3) is 2.63. The van der Waals surface area contributed by atoms with Crippen LogP contribution in [0.15, 0.2) is 47.0 Å². The van der Waals surface area contributed by atoms with E-state index in [9.17, 15) is 25.0 Å². The molecule has 10 heteroatoms. The normalized spacial score (nSPS) is 10.5. The van der Waals surface area contributed by atoms with Crippen molar-refractivity contribution in [3.63, 3.8) is 0 Å². The van der Waals surface area contributed by atoms with Crippen molar-refractivity contribution >= 4 is 17.9 Å². The molecule has 0 N–H and O–H groups in total. The summed E-state index contributed by atoms with van der Waals surface area (Å²) in [6.07, 6.45) is 1.88. The number of hydrogen-bond acceptors (Lipinski definition) is 7. The fraction of sp³-hybridized carbons (Fsp3) is 0. The lowest BCUT2D eigenvalue weighted by Gasteiger charge is -2.00. The van der Waals surface area contributed by atoms with Gasteiger partial charge in [-0.2, -0.15) is 5.10 Å². The van der Waals surface area contributed by atoms with E-state index in [0.29, 0.717) is 12.0 Å². The highest BCUT2D eigenvalue weighted by Gasteiger charge is 2.19. The molecule has 0 saturated carbocycles. The lowest BCUT2D eigenvalue weighted by atomic mass is 10.2. The van der Waals surface area contributed by atoms with Crippen LogP contribution in [0.5, 0.6) is 0 Å². The first-order valence-corrected chi connectivity index (χ1v) is 6.54. The Labute approximate surface area is 133 Å². The van der Waals surface area contributed by atoms with Crippen LogP contribution in [0.3, 0.4) is 0 Å². The van der Waals surface area contributed by atoms with E-state index >= 15 is 0 Å². The molecule has 0 unspecified atom stereocenters. The number of rotatable bonds is 5. The summed E-state index contributed by atoms with van der Waals surface area (Å²) in [7, 11) is 0. The molecule has 3 aromatic rings. The SMILES string of the molecule is O=Cc1cn(-c2cccc([N+](=O)[O-])c2)nc1-c1ccc([N+](=O)[O-])o1. The fourth-order valence-corrected chi connectivity index (χ4v) is 2.10. The van der Waals surface area contributed by atoms with Crippen molar-refractivity contribution < 1.29 is 19.1 Å². The molecule has 10 nitrogen and oxygen atoms in total. The molecular formula is C14H8N4O6. The maximum absolute atomic E-state index is 11.2. The summed E-state index contributed by atoms with van der Waals surface area (Å²) in [6.45, 7) is 0. The Morgan fingerprint density at radius 3 is 2.54 bits per heavy atom. The van der Waals surface area contributed by atoms with Gasteiger partial charge in [0.25, 0.3) is 5.69 Å². The zero-order chi connectivity index (χ0) is 17.3. The summed E-state index contributed by atoms with van der Waals surface area (Å²) in [6, 6.07) is 8.14. The second kappa shape index (κ2) is 5.76. The van der Waals surface area contributed by atoms with Crippen molar-refractivity contribution in [2.24, 2.45) is 0 Å². The van der Waals surface area contributed by atoms with Gasteiger partial charge in [0.15, 0.2) is 12.0 Å². The predicted molar refractivity (Wildman–Crippen MR) is 80.0 cm³/mol. The van der Waals surface area contributed by atoms with Gasteiger partial charge < -0.3 is 4.42 Å². The molecule has 0 spiro atoms. The average molecular weight is 328 g/mol. The summed E-state index contributed by atoms with van der Waals surface area (Å²) in [5.41, 5.74) is 0.459. The van der Waals surface area contributed by atoms with Crippen molar-refractivity contribution in [3.8, 4) is 17.1 Å². The first-order chi connectivity index (χ1) is 11.5. The molecule has 0 saturated heterocycles. The molecule has 0 fully saturated rings. The first kappa shape index (κ1) is 15.1. The van der Waals surface area contributed by atoms with E-state index in [1.165, 1.54) is 35.1 Å². The lowest BCUT2D eigenvalue weighted by Crippen LogP contribution is -1.96. The third-order valence-corrected chi connectivity index (χ3v) is 3.18. The van der Waals surface area contributed by atoms with Crippen LogP contribution < -0.4 is 0 Å². The van der Waals surface area contributed by atoms with Crippen LogP contribution in [0.4, 0.5) is 11.6 Å². The molecule has 2 heterocycles. The van der Waals surface area contributed by atoms with Crippen LogP contribution in [0.2, 0.25) is 0 Å². The van der Waals surface area contributed by atoms with E-state index in [1.807, 2.05) is 0 Å². The Morgan fingerprint density at radius 2 is 1.92 bits per heavy atom. The highest BCUT2D eigenvalue weighted by Crippen LogP contribution is 2.28. The van der Waals surface area contributed by atoms with Crippen LogP contribution >= 0.6 is 0 Å². The maximum Gasteiger partial charge on any atom is 0.433 e. The third-order valence-electron chi connectivity index (χ3n) is 3.18. The van der Waals surface area contributed by atoms with Gasteiger partial charge in [0.05, 0.1) is 22.2 Å². The number of nitro benzene ring substituents is 1. The van der Waals surface area contributed by atoms with Gasteiger partial charge in [0.2, 0.25) is 0 Å². The van der Waals surface area contributed by atoms with E-state index in [-0.39, 0.29) is 22.7 Å². The van der Waals surface area contributed by atoms with E-state index in [2.05, 4.69) is 5.10 Å². The molecule has 0 bridgehead atoms. The van der Waals surface area contributed by atoms with Gasteiger partial charge in [-0.3, -0.25) is 25.0 Å². The number of furan rings is 1. The van der Waals surface area contributed by atoms with Gasteiger partial charge in [0.1, 0.15) is 10.6 Å². The van der Waals surface area contributed by atoms with Gasteiger partial charge in [0, 0.05) is 18.3 Å². The number of aldehydes is 1. The standard InChI is InChI=1S/C14H8N4O6/c19-8-9-7-16(10-2-1-3-11(6-10)17(20)21)15-14(9)12-4-5-13(24-12)18(22)23/h1-8H. The Kier molecular flexibility index (Phi) is 3.62. The van der Waals surface area contributed by atoms with E-state index in [4.69, 9.17) is 4.42 Å². The molecule has 0 atom stereocenters. The van der Waals surface area contributed by atoms with Gasteiger partial charge in [-0.15, -0.1) is 0 Å². The van der Waals surface area contributed by atoms with Gasteiger partial charge in [-0.1, -0.05) is 6.07 Å². The smallest absolute Gasteiger partial charge is 0.399 e. The molecule has 0 amide bonds. The summed E-state index contributed by atoms with van der Waals surface area (Å²) in [5, 5.41) is 25.7. The average Bonchev–Trinajstić information content (AvgIpc) is 3.21.